The van der Waals surface area contributed by atoms with Gasteiger partial charge in [0.2, 0.25) is 0 Å². The number of anilines is 2. The molecule has 3 rings (SSSR count). The van der Waals surface area contributed by atoms with Gasteiger partial charge in [-0.15, -0.1) is 0 Å². The minimum atomic E-state index is 0.708. The van der Waals surface area contributed by atoms with Crippen LogP contribution >= 0.6 is 0 Å². The van der Waals surface area contributed by atoms with Crippen molar-refractivity contribution in [2.75, 3.05) is 58.0 Å². The van der Waals surface area contributed by atoms with Crippen LogP contribution in [-0.4, -0.2) is 69.3 Å². The van der Waals surface area contributed by atoms with Crippen LogP contribution in [0.5, 0.6) is 5.75 Å². The number of nitrogens with two attached hydrogens (primary N) is 1. The van der Waals surface area contributed by atoms with Crippen molar-refractivity contribution in [3.8, 4) is 5.75 Å². The van der Waals surface area contributed by atoms with Gasteiger partial charge in [0.1, 0.15) is 5.75 Å². The highest BCUT2D eigenvalue weighted by atomic mass is 16.5. The van der Waals surface area contributed by atoms with Gasteiger partial charge in [-0.3, -0.25) is 0 Å². The SMILES string of the molecule is COc1cc(N2CCC(N3CCC(N(C)C)CC3)CC2)ccc1N. The quantitative estimate of drug-likeness (QED) is 0.857. The summed E-state index contributed by atoms with van der Waals surface area (Å²) < 4.78 is 5.36. The maximum Gasteiger partial charge on any atom is 0.143 e. The van der Waals surface area contributed by atoms with Crippen LogP contribution in [0.3, 0.4) is 0 Å². The van der Waals surface area contributed by atoms with E-state index in [9.17, 15) is 0 Å². The number of nitrogen functional groups attached to an aromatic ring is 1. The topological polar surface area (TPSA) is 45.0 Å². The van der Waals surface area contributed by atoms with E-state index in [4.69, 9.17) is 10.5 Å². The summed E-state index contributed by atoms with van der Waals surface area (Å²) in [6.07, 6.45) is 5.11. The Bertz CT molecular complexity index is 532. The first kappa shape index (κ1) is 17.4. The smallest absolute Gasteiger partial charge is 0.143 e. The zero-order valence-electron chi connectivity index (χ0n) is 15.4. The fourth-order valence-electron chi connectivity index (χ4n) is 4.15. The molecule has 0 bridgehead atoms. The molecule has 2 aliphatic rings. The molecule has 0 unspecified atom stereocenters. The highest BCUT2D eigenvalue weighted by Crippen LogP contribution is 2.30. The lowest BCUT2D eigenvalue weighted by molar-refractivity contribution is 0.0960. The first-order valence-electron chi connectivity index (χ1n) is 9.17. The lowest BCUT2D eigenvalue weighted by Gasteiger charge is -2.43. The molecule has 2 N–H and O–H groups in total. The molecule has 2 fully saturated rings. The normalized spacial score (nSPS) is 21.4. The number of nitrogens with zero attached hydrogens (tertiary/aromatic N) is 3. The van der Waals surface area contributed by atoms with Crippen LogP contribution < -0.4 is 15.4 Å². The molecule has 0 atom stereocenters. The molecular weight excluding hydrogens is 300 g/mol. The van der Waals surface area contributed by atoms with Gasteiger partial charge in [0.25, 0.3) is 0 Å². The number of rotatable bonds is 4. The van der Waals surface area contributed by atoms with Crippen molar-refractivity contribution >= 4 is 11.4 Å². The van der Waals surface area contributed by atoms with Gasteiger partial charge in [0.15, 0.2) is 0 Å². The summed E-state index contributed by atoms with van der Waals surface area (Å²) in [6, 6.07) is 7.65. The molecule has 0 amide bonds. The molecule has 2 aliphatic heterocycles. The van der Waals surface area contributed by atoms with E-state index in [2.05, 4.69) is 40.9 Å². The molecular formula is C19H32N4O. The van der Waals surface area contributed by atoms with Crippen molar-refractivity contribution in [2.45, 2.75) is 37.8 Å². The lowest BCUT2D eigenvalue weighted by atomic mass is 9.97. The van der Waals surface area contributed by atoms with Crippen LogP contribution in [-0.2, 0) is 0 Å². The van der Waals surface area contributed by atoms with Crippen molar-refractivity contribution in [1.82, 2.24) is 9.80 Å². The third-order valence-electron chi connectivity index (χ3n) is 5.79. The molecule has 0 radical (unpaired) electrons. The van der Waals surface area contributed by atoms with E-state index in [1.807, 2.05) is 6.07 Å². The summed E-state index contributed by atoms with van der Waals surface area (Å²) in [5.41, 5.74) is 7.86. The van der Waals surface area contributed by atoms with Crippen LogP contribution in [0.4, 0.5) is 11.4 Å². The second-order valence-electron chi connectivity index (χ2n) is 7.38. The molecule has 2 heterocycles. The summed E-state index contributed by atoms with van der Waals surface area (Å²) in [7, 11) is 6.10. The van der Waals surface area contributed by atoms with Gasteiger partial charge < -0.3 is 25.2 Å². The summed E-state index contributed by atoms with van der Waals surface area (Å²) in [5.74, 6) is 0.778. The number of hydrogen-bond acceptors (Lipinski definition) is 5. The number of ether oxygens (including phenoxy) is 1. The Kier molecular flexibility index (Phi) is 5.51. The maximum absolute atomic E-state index is 5.93. The molecule has 1 aromatic carbocycles. The Labute approximate surface area is 146 Å². The van der Waals surface area contributed by atoms with Crippen molar-refractivity contribution in [1.29, 1.82) is 0 Å². The molecule has 1 aromatic rings. The number of methoxy groups -OCH3 is 1. The first-order valence-corrected chi connectivity index (χ1v) is 9.17. The Morgan fingerprint density at radius 1 is 1.04 bits per heavy atom. The van der Waals surface area contributed by atoms with Crippen molar-refractivity contribution in [2.24, 2.45) is 0 Å². The van der Waals surface area contributed by atoms with Gasteiger partial charge >= 0.3 is 0 Å². The molecule has 2 saturated heterocycles. The molecule has 0 spiro atoms. The Hall–Kier alpha value is -1.46. The van der Waals surface area contributed by atoms with Gasteiger partial charge in [-0.2, -0.15) is 0 Å². The highest BCUT2D eigenvalue weighted by Gasteiger charge is 2.28. The Morgan fingerprint density at radius 3 is 2.29 bits per heavy atom. The zero-order valence-corrected chi connectivity index (χ0v) is 15.4. The van der Waals surface area contributed by atoms with Crippen molar-refractivity contribution in [3.05, 3.63) is 18.2 Å². The van der Waals surface area contributed by atoms with Crippen LogP contribution in [0.1, 0.15) is 25.7 Å². The summed E-state index contributed by atoms with van der Waals surface area (Å²) >= 11 is 0. The van der Waals surface area contributed by atoms with Gasteiger partial charge in [0, 0.05) is 36.9 Å². The van der Waals surface area contributed by atoms with Gasteiger partial charge in [-0.05, 0) is 65.0 Å². The van der Waals surface area contributed by atoms with Crippen LogP contribution in [0, 0.1) is 0 Å². The fraction of sp³-hybridized carbons (Fsp3) is 0.684. The number of piperidine rings is 2. The summed E-state index contributed by atoms with van der Waals surface area (Å²) in [4.78, 5) is 7.57. The molecule has 24 heavy (non-hydrogen) atoms. The first-order chi connectivity index (χ1) is 11.6. The number of likely N-dealkylation sites (tertiary alicyclic amines) is 1. The van der Waals surface area contributed by atoms with E-state index in [1.165, 1.54) is 44.5 Å². The maximum atomic E-state index is 5.93. The second kappa shape index (κ2) is 7.62. The average molecular weight is 332 g/mol. The van der Waals surface area contributed by atoms with E-state index in [0.29, 0.717) is 5.69 Å². The van der Waals surface area contributed by atoms with Crippen molar-refractivity contribution < 1.29 is 4.74 Å². The van der Waals surface area contributed by atoms with Gasteiger partial charge in [0.05, 0.1) is 12.8 Å². The van der Waals surface area contributed by atoms with Crippen LogP contribution in [0.2, 0.25) is 0 Å². The standard InChI is InChI=1S/C19H32N4O/c1-21(2)15-6-10-22(11-7-15)16-8-12-23(13-9-16)17-4-5-18(20)19(14-17)24-3/h4-5,14-16H,6-13,20H2,1-3H3. The monoisotopic (exact) mass is 332 g/mol. The molecule has 5 nitrogen and oxygen atoms in total. The molecule has 0 aliphatic carbocycles. The van der Waals surface area contributed by atoms with E-state index in [0.717, 1.165) is 30.9 Å². The van der Waals surface area contributed by atoms with Crippen LogP contribution in [0.15, 0.2) is 18.2 Å². The Balaban J connectivity index is 1.53. The predicted octanol–water partition coefficient (Wildman–Crippen LogP) is 2.27. The average Bonchev–Trinajstić information content (AvgIpc) is 2.62. The Morgan fingerprint density at radius 2 is 1.71 bits per heavy atom. The molecule has 0 aromatic heterocycles. The minimum Gasteiger partial charge on any atom is -0.495 e. The third-order valence-corrected chi connectivity index (χ3v) is 5.79. The molecule has 5 heteroatoms. The van der Waals surface area contributed by atoms with Gasteiger partial charge in [-0.25, -0.2) is 0 Å². The number of hydrogen-bond donors (Lipinski definition) is 1. The van der Waals surface area contributed by atoms with E-state index >= 15 is 0 Å². The van der Waals surface area contributed by atoms with Crippen LogP contribution in [0.25, 0.3) is 0 Å². The third kappa shape index (κ3) is 3.78. The van der Waals surface area contributed by atoms with E-state index in [-0.39, 0.29) is 0 Å². The largest absolute Gasteiger partial charge is 0.495 e. The fourth-order valence-corrected chi connectivity index (χ4v) is 4.15. The summed E-state index contributed by atoms with van der Waals surface area (Å²) in [5, 5.41) is 0. The molecule has 134 valence electrons. The summed E-state index contributed by atoms with van der Waals surface area (Å²) in [6.45, 7) is 4.74. The molecule has 0 saturated carbocycles. The minimum absolute atomic E-state index is 0.708. The van der Waals surface area contributed by atoms with E-state index in [1.54, 1.807) is 7.11 Å². The van der Waals surface area contributed by atoms with Crippen molar-refractivity contribution in [3.63, 3.8) is 0 Å². The predicted molar refractivity (Wildman–Crippen MR) is 101 cm³/mol. The van der Waals surface area contributed by atoms with Gasteiger partial charge in [-0.1, -0.05) is 0 Å². The number of benzene rings is 1. The van der Waals surface area contributed by atoms with E-state index < -0.39 is 0 Å². The second-order valence-corrected chi connectivity index (χ2v) is 7.38. The zero-order chi connectivity index (χ0) is 17.1. The lowest BCUT2D eigenvalue weighted by Crippen LogP contribution is -2.50. The highest BCUT2D eigenvalue weighted by molar-refractivity contribution is 5.62.